The molecule has 7 heteroatoms. The van der Waals surface area contributed by atoms with Crippen molar-refractivity contribution in [1.82, 2.24) is 25.2 Å². The third-order valence-corrected chi connectivity index (χ3v) is 2.80. The lowest BCUT2D eigenvalue weighted by molar-refractivity contribution is 0.664. The molecular formula is C8H10N6S. The largest absolute Gasteiger partial charge is 0.325 e. The van der Waals surface area contributed by atoms with Crippen molar-refractivity contribution in [2.75, 3.05) is 0 Å². The maximum atomic E-state index is 5.45. The lowest BCUT2D eigenvalue weighted by Crippen LogP contribution is -1.98. The summed E-state index contributed by atoms with van der Waals surface area (Å²) in [5.41, 5.74) is 6.33. The maximum Gasteiger partial charge on any atom is 0.213 e. The molecule has 15 heavy (non-hydrogen) atoms. The van der Waals surface area contributed by atoms with E-state index in [9.17, 15) is 0 Å². The van der Waals surface area contributed by atoms with Crippen LogP contribution in [-0.2, 0) is 13.6 Å². The molecule has 0 saturated heterocycles. The van der Waals surface area contributed by atoms with E-state index in [1.807, 2.05) is 12.1 Å². The number of aryl methyl sites for hydroxylation is 1. The Morgan fingerprint density at radius 1 is 1.47 bits per heavy atom. The molecule has 78 valence electrons. The van der Waals surface area contributed by atoms with Crippen LogP contribution in [0.2, 0.25) is 0 Å². The molecule has 0 atom stereocenters. The van der Waals surface area contributed by atoms with Gasteiger partial charge in [-0.1, -0.05) is 0 Å². The number of rotatable bonds is 3. The highest BCUT2D eigenvalue weighted by Gasteiger charge is 2.04. The van der Waals surface area contributed by atoms with Gasteiger partial charge in [0.2, 0.25) is 5.16 Å². The van der Waals surface area contributed by atoms with Crippen molar-refractivity contribution in [2.45, 2.75) is 16.6 Å². The maximum absolute atomic E-state index is 5.45. The zero-order valence-corrected chi connectivity index (χ0v) is 8.98. The fourth-order valence-electron chi connectivity index (χ4n) is 1.01. The van der Waals surface area contributed by atoms with Crippen molar-refractivity contribution >= 4 is 11.8 Å². The van der Waals surface area contributed by atoms with Gasteiger partial charge in [0.25, 0.3) is 0 Å². The highest BCUT2D eigenvalue weighted by molar-refractivity contribution is 7.99. The SMILES string of the molecule is Cn1nnnc1Sc1ccc(CN)nc1. The van der Waals surface area contributed by atoms with Gasteiger partial charge < -0.3 is 5.73 Å². The molecule has 0 amide bonds. The third-order valence-electron chi connectivity index (χ3n) is 1.80. The average molecular weight is 222 g/mol. The number of hydrogen-bond acceptors (Lipinski definition) is 6. The van der Waals surface area contributed by atoms with Crippen LogP contribution in [0.15, 0.2) is 28.4 Å². The van der Waals surface area contributed by atoms with Gasteiger partial charge in [-0.2, -0.15) is 0 Å². The monoisotopic (exact) mass is 222 g/mol. The number of nitrogens with two attached hydrogens (primary N) is 1. The number of nitrogens with zero attached hydrogens (tertiary/aromatic N) is 5. The van der Waals surface area contributed by atoms with Crippen molar-refractivity contribution in [1.29, 1.82) is 0 Å². The van der Waals surface area contributed by atoms with Crippen LogP contribution in [0.5, 0.6) is 0 Å². The second-order valence-corrected chi connectivity index (χ2v) is 3.92. The van der Waals surface area contributed by atoms with E-state index in [4.69, 9.17) is 5.73 Å². The van der Waals surface area contributed by atoms with Crippen molar-refractivity contribution in [3.63, 3.8) is 0 Å². The summed E-state index contributed by atoms with van der Waals surface area (Å²) in [5, 5.41) is 11.9. The lowest BCUT2D eigenvalue weighted by atomic mass is 10.4. The van der Waals surface area contributed by atoms with Crippen LogP contribution in [0.3, 0.4) is 0 Å². The van der Waals surface area contributed by atoms with Gasteiger partial charge in [0, 0.05) is 24.7 Å². The molecule has 2 N–H and O–H groups in total. The first kappa shape index (κ1) is 10.1. The third kappa shape index (κ3) is 2.31. The summed E-state index contributed by atoms with van der Waals surface area (Å²) >= 11 is 1.46. The predicted molar refractivity (Wildman–Crippen MR) is 55.0 cm³/mol. The lowest BCUT2D eigenvalue weighted by Gasteiger charge is -1.99. The summed E-state index contributed by atoms with van der Waals surface area (Å²) in [6.45, 7) is 0.455. The fourth-order valence-corrected chi connectivity index (χ4v) is 1.70. The van der Waals surface area contributed by atoms with E-state index in [1.54, 1.807) is 17.9 Å². The molecule has 6 nitrogen and oxygen atoms in total. The van der Waals surface area contributed by atoms with Crippen LogP contribution in [-0.4, -0.2) is 25.2 Å². The second-order valence-electron chi connectivity index (χ2n) is 2.88. The summed E-state index contributed by atoms with van der Waals surface area (Å²) < 4.78 is 1.61. The van der Waals surface area contributed by atoms with E-state index in [0.717, 1.165) is 15.7 Å². The molecule has 2 aromatic heterocycles. The van der Waals surface area contributed by atoms with Gasteiger partial charge >= 0.3 is 0 Å². The first-order chi connectivity index (χ1) is 7.29. The van der Waals surface area contributed by atoms with Crippen molar-refractivity contribution < 1.29 is 0 Å². The molecule has 0 bridgehead atoms. The van der Waals surface area contributed by atoms with Crippen LogP contribution in [0.4, 0.5) is 0 Å². The summed E-state index contributed by atoms with van der Waals surface area (Å²) in [5.74, 6) is 0. The second kappa shape index (κ2) is 4.37. The molecule has 2 rings (SSSR count). The molecule has 0 aliphatic carbocycles. The first-order valence-corrected chi connectivity index (χ1v) is 5.16. The highest BCUT2D eigenvalue weighted by Crippen LogP contribution is 2.23. The van der Waals surface area contributed by atoms with Crippen LogP contribution in [0.1, 0.15) is 5.69 Å². The molecule has 2 heterocycles. The average Bonchev–Trinajstić information content (AvgIpc) is 2.66. The fraction of sp³-hybridized carbons (Fsp3) is 0.250. The standard InChI is InChI=1S/C8H10N6S/c1-14-8(11-12-13-14)15-7-3-2-6(4-9)10-5-7/h2-3,5H,4,9H2,1H3. The van der Waals surface area contributed by atoms with Gasteiger partial charge in [-0.05, 0) is 34.3 Å². The number of tetrazole rings is 1. The summed E-state index contributed by atoms with van der Waals surface area (Å²) in [6.07, 6.45) is 1.77. The zero-order valence-electron chi connectivity index (χ0n) is 8.16. The molecule has 0 unspecified atom stereocenters. The Morgan fingerprint density at radius 3 is 2.87 bits per heavy atom. The first-order valence-electron chi connectivity index (χ1n) is 4.35. The van der Waals surface area contributed by atoms with Gasteiger partial charge in [0.1, 0.15) is 0 Å². The molecular weight excluding hydrogens is 212 g/mol. The van der Waals surface area contributed by atoms with E-state index in [2.05, 4.69) is 20.5 Å². The Bertz CT molecular complexity index is 437. The van der Waals surface area contributed by atoms with E-state index >= 15 is 0 Å². The van der Waals surface area contributed by atoms with Crippen molar-refractivity contribution in [3.8, 4) is 0 Å². The van der Waals surface area contributed by atoms with Gasteiger partial charge in [-0.15, -0.1) is 5.10 Å². The topological polar surface area (TPSA) is 82.5 Å². The molecule has 0 aliphatic heterocycles. The van der Waals surface area contributed by atoms with Crippen molar-refractivity contribution in [2.24, 2.45) is 12.8 Å². The van der Waals surface area contributed by atoms with Crippen LogP contribution >= 0.6 is 11.8 Å². The molecule has 0 saturated carbocycles. The number of aromatic nitrogens is 5. The summed E-state index contributed by atoms with van der Waals surface area (Å²) in [4.78, 5) is 5.17. The predicted octanol–water partition coefficient (Wildman–Crippen LogP) is 0.215. The summed E-state index contributed by atoms with van der Waals surface area (Å²) in [6, 6.07) is 3.85. The number of hydrogen-bond donors (Lipinski definition) is 1. The highest BCUT2D eigenvalue weighted by atomic mass is 32.2. The quantitative estimate of drug-likeness (QED) is 0.799. The van der Waals surface area contributed by atoms with Gasteiger partial charge in [0.15, 0.2) is 0 Å². The van der Waals surface area contributed by atoms with Gasteiger partial charge in [-0.25, -0.2) is 4.68 Å². The Kier molecular flexibility index (Phi) is 2.93. The van der Waals surface area contributed by atoms with E-state index < -0.39 is 0 Å². The van der Waals surface area contributed by atoms with Crippen LogP contribution in [0, 0.1) is 0 Å². The molecule has 0 radical (unpaired) electrons. The Balaban J connectivity index is 2.14. The normalized spacial score (nSPS) is 10.5. The Labute approximate surface area is 90.9 Å². The van der Waals surface area contributed by atoms with E-state index in [-0.39, 0.29) is 0 Å². The molecule has 0 aromatic carbocycles. The van der Waals surface area contributed by atoms with E-state index in [1.165, 1.54) is 11.8 Å². The van der Waals surface area contributed by atoms with Crippen LogP contribution < -0.4 is 5.73 Å². The molecule has 0 fully saturated rings. The van der Waals surface area contributed by atoms with Gasteiger partial charge in [0.05, 0.1) is 5.69 Å². The van der Waals surface area contributed by atoms with E-state index in [0.29, 0.717) is 6.54 Å². The molecule has 2 aromatic rings. The smallest absolute Gasteiger partial charge is 0.213 e. The Morgan fingerprint density at radius 2 is 2.33 bits per heavy atom. The minimum atomic E-state index is 0.455. The Hall–Kier alpha value is -1.47. The van der Waals surface area contributed by atoms with Crippen molar-refractivity contribution in [3.05, 3.63) is 24.0 Å². The molecule has 0 aliphatic rings. The minimum Gasteiger partial charge on any atom is -0.325 e. The van der Waals surface area contributed by atoms with Crippen LogP contribution in [0.25, 0.3) is 0 Å². The minimum absolute atomic E-state index is 0.455. The summed E-state index contributed by atoms with van der Waals surface area (Å²) in [7, 11) is 1.80. The number of pyridine rings is 1. The van der Waals surface area contributed by atoms with Gasteiger partial charge in [-0.3, -0.25) is 4.98 Å². The zero-order chi connectivity index (χ0) is 10.7. The molecule has 0 spiro atoms.